The lowest BCUT2D eigenvalue weighted by Gasteiger charge is -2.10. The second kappa shape index (κ2) is 5.28. The van der Waals surface area contributed by atoms with Crippen LogP contribution in [0.3, 0.4) is 0 Å². The van der Waals surface area contributed by atoms with Crippen molar-refractivity contribution in [3.63, 3.8) is 0 Å². The summed E-state index contributed by atoms with van der Waals surface area (Å²) in [6, 6.07) is 3.08. The maximum Gasteiger partial charge on any atom is 0.160 e. The lowest BCUT2D eigenvalue weighted by molar-refractivity contribution is 0.621. The van der Waals surface area contributed by atoms with Crippen LogP contribution in [0.1, 0.15) is 5.56 Å². The number of halogens is 2. The van der Waals surface area contributed by atoms with Gasteiger partial charge in [0.05, 0.1) is 16.9 Å². The zero-order valence-corrected chi connectivity index (χ0v) is 11.1. The minimum absolute atomic E-state index is 0.343. The molecule has 0 fully saturated rings. The van der Waals surface area contributed by atoms with Gasteiger partial charge in [0.2, 0.25) is 0 Å². The second-order valence-corrected chi connectivity index (χ2v) is 4.49. The van der Waals surface area contributed by atoms with E-state index < -0.39 is 0 Å². The van der Waals surface area contributed by atoms with Crippen LogP contribution in [0.4, 0.5) is 21.7 Å². The maximum absolute atomic E-state index is 13.5. The van der Waals surface area contributed by atoms with Crippen LogP contribution in [0.5, 0.6) is 0 Å². The van der Waals surface area contributed by atoms with Crippen molar-refractivity contribution < 1.29 is 4.39 Å². The summed E-state index contributed by atoms with van der Waals surface area (Å²) >= 11 is 3.13. The average molecular weight is 312 g/mol. The summed E-state index contributed by atoms with van der Waals surface area (Å²) in [6.07, 6.45) is 3.01. The number of hydrogen-bond acceptors (Lipinski definition) is 5. The fraction of sp³-hybridized carbons (Fsp3) is 0.0909. The topological polar surface area (TPSA) is 75.9 Å². The molecule has 0 saturated carbocycles. The molecule has 0 saturated heterocycles. The Morgan fingerprint density at radius 1 is 1.28 bits per heavy atom. The Kier molecular flexibility index (Phi) is 3.73. The van der Waals surface area contributed by atoms with Crippen molar-refractivity contribution in [2.45, 2.75) is 6.92 Å². The smallest absolute Gasteiger partial charge is 0.160 e. The van der Waals surface area contributed by atoms with Crippen LogP contribution >= 0.6 is 15.9 Å². The molecule has 1 aromatic heterocycles. The summed E-state index contributed by atoms with van der Waals surface area (Å²) in [7, 11) is 0. The molecule has 0 radical (unpaired) electrons. The molecule has 2 aromatic rings. The highest BCUT2D eigenvalue weighted by Gasteiger charge is 2.06. The van der Waals surface area contributed by atoms with E-state index in [9.17, 15) is 4.39 Å². The van der Waals surface area contributed by atoms with Gasteiger partial charge in [-0.3, -0.25) is 4.98 Å². The molecule has 0 aliphatic carbocycles. The number of nitrogens with two attached hydrogens (primary N) is 1. The lowest BCUT2D eigenvalue weighted by atomic mass is 10.2. The lowest BCUT2D eigenvalue weighted by Crippen LogP contribution is -2.09. The molecule has 0 bridgehead atoms. The fourth-order valence-corrected chi connectivity index (χ4v) is 1.87. The van der Waals surface area contributed by atoms with Gasteiger partial charge in [-0.1, -0.05) is 0 Å². The van der Waals surface area contributed by atoms with Gasteiger partial charge in [0.1, 0.15) is 5.82 Å². The Balaban J connectivity index is 2.30. The van der Waals surface area contributed by atoms with E-state index in [1.165, 1.54) is 18.5 Å². The zero-order chi connectivity index (χ0) is 13.1. The molecule has 2 rings (SSSR count). The monoisotopic (exact) mass is 311 g/mol. The van der Waals surface area contributed by atoms with Crippen LogP contribution in [0.15, 0.2) is 29.0 Å². The van der Waals surface area contributed by atoms with E-state index in [-0.39, 0.29) is 5.82 Å². The fourth-order valence-electron chi connectivity index (χ4n) is 1.41. The molecule has 1 aromatic carbocycles. The molecule has 94 valence electrons. The van der Waals surface area contributed by atoms with E-state index in [1.807, 2.05) is 6.92 Å². The summed E-state index contributed by atoms with van der Waals surface area (Å²) in [6.45, 7) is 1.87. The molecular formula is C11H11BrFN5. The van der Waals surface area contributed by atoms with Gasteiger partial charge in [-0.15, -0.1) is 0 Å². The van der Waals surface area contributed by atoms with Gasteiger partial charge in [0.25, 0.3) is 0 Å². The number of nitrogens with zero attached hydrogens (tertiary/aromatic N) is 2. The average Bonchev–Trinajstić information content (AvgIpc) is 2.36. The van der Waals surface area contributed by atoms with Crippen molar-refractivity contribution in [2.75, 3.05) is 10.7 Å². The molecule has 1 heterocycles. The molecule has 0 atom stereocenters. The Morgan fingerprint density at radius 2 is 2.00 bits per heavy atom. The van der Waals surface area contributed by atoms with Crippen LogP contribution in [0.25, 0.3) is 0 Å². The zero-order valence-electron chi connectivity index (χ0n) is 9.54. The third-order valence-electron chi connectivity index (χ3n) is 2.31. The highest BCUT2D eigenvalue weighted by Crippen LogP contribution is 2.26. The van der Waals surface area contributed by atoms with Crippen LogP contribution in [0, 0.1) is 12.7 Å². The normalized spacial score (nSPS) is 10.2. The van der Waals surface area contributed by atoms with E-state index in [0.29, 0.717) is 21.8 Å². The van der Waals surface area contributed by atoms with Gasteiger partial charge in [-0.25, -0.2) is 15.2 Å². The Morgan fingerprint density at radius 3 is 2.72 bits per heavy atom. The van der Waals surface area contributed by atoms with E-state index in [2.05, 4.69) is 36.6 Å². The first-order chi connectivity index (χ1) is 8.60. The first-order valence-electron chi connectivity index (χ1n) is 5.11. The third-order valence-corrected chi connectivity index (χ3v) is 2.92. The first-order valence-corrected chi connectivity index (χ1v) is 5.91. The molecule has 0 aliphatic rings. The molecule has 0 unspecified atom stereocenters. The van der Waals surface area contributed by atoms with Crippen molar-refractivity contribution in [1.82, 2.24) is 9.97 Å². The second-order valence-electron chi connectivity index (χ2n) is 3.64. The molecule has 5 nitrogen and oxygen atoms in total. The van der Waals surface area contributed by atoms with Gasteiger partial charge >= 0.3 is 0 Å². The Hall–Kier alpha value is -1.73. The summed E-state index contributed by atoms with van der Waals surface area (Å²) in [4.78, 5) is 8.09. The summed E-state index contributed by atoms with van der Waals surface area (Å²) in [5, 5.41) is 2.98. The van der Waals surface area contributed by atoms with Gasteiger partial charge in [-0.2, -0.15) is 0 Å². The van der Waals surface area contributed by atoms with Gasteiger partial charge < -0.3 is 10.7 Å². The number of rotatable bonds is 3. The largest absolute Gasteiger partial charge is 0.339 e. The van der Waals surface area contributed by atoms with Gasteiger partial charge in [-0.05, 0) is 40.5 Å². The van der Waals surface area contributed by atoms with E-state index >= 15 is 0 Å². The van der Waals surface area contributed by atoms with Crippen LogP contribution in [0.2, 0.25) is 0 Å². The number of aryl methyl sites for hydroxylation is 1. The van der Waals surface area contributed by atoms with E-state index in [0.717, 1.165) is 5.56 Å². The molecular weight excluding hydrogens is 301 g/mol. The van der Waals surface area contributed by atoms with Gasteiger partial charge in [0.15, 0.2) is 11.6 Å². The van der Waals surface area contributed by atoms with Crippen molar-refractivity contribution in [3.8, 4) is 0 Å². The van der Waals surface area contributed by atoms with E-state index in [4.69, 9.17) is 5.84 Å². The number of anilines is 3. The summed E-state index contributed by atoms with van der Waals surface area (Å²) in [5.41, 5.74) is 3.90. The predicted octanol–water partition coefficient (Wildman–Crippen LogP) is 2.72. The highest BCUT2D eigenvalue weighted by atomic mass is 79.9. The van der Waals surface area contributed by atoms with Crippen molar-refractivity contribution in [1.29, 1.82) is 0 Å². The van der Waals surface area contributed by atoms with E-state index in [1.54, 1.807) is 6.07 Å². The van der Waals surface area contributed by atoms with Crippen LogP contribution < -0.4 is 16.6 Å². The molecule has 0 aliphatic heterocycles. The quantitative estimate of drug-likeness (QED) is 0.600. The molecule has 0 amide bonds. The van der Waals surface area contributed by atoms with Crippen molar-refractivity contribution >= 4 is 33.3 Å². The predicted molar refractivity (Wildman–Crippen MR) is 72.0 cm³/mol. The molecule has 18 heavy (non-hydrogen) atoms. The standard InChI is InChI=1S/C11H11BrFN5/c1-6-2-7(12)8(13)3-9(6)16-10-4-15-5-11(17-10)18-14/h2-5H,14H2,1H3,(H2,16,17,18). The molecule has 7 heteroatoms. The number of nitrogens with one attached hydrogen (secondary N) is 2. The number of aromatic nitrogens is 2. The van der Waals surface area contributed by atoms with Crippen molar-refractivity contribution in [2.24, 2.45) is 5.84 Å². The van der Waals surface area contributed by atoms with Crippen molar-refractivity contribution in [3.05, 3.63) is 40.4 Å². The highest BCUT2D eigenvalue weighted by molar-refractivity contribution is 9.10. The molecule has 4 N–H and O–H groups in total. The summed E-state index contributed by atoms with van der Waals surface area (Å²) < 4.78 is 13.9. The minimum Gasteiger partial charge on any atom is -0.339 e. The number of nitrogen functional groups attached to an aromatic ring is 1. The Labute approximate surface area is 112 Å². The third kappa shape index (κ3) is 2.74. The van der Waals surface area contributed by atoms with Gasteiger partial charge in [0, 0.05) is 5.69 Å². The maximum atomic E-state index is 13.5. The minimum atomic E-state index is -0.343. The number of hydrogen-bond donors (Lipinski definition) is 3. The van der Waals surface area contributed by atoms with Crippen LogP contribution in [-0.4, -0.2) is 9.97 Å². The number of benzene rings is 1. The number of hydrazine groups is 1. The Bertz CT molecular complexity index is 575. The molecule has 0 spiro atoms. The van der Waals surface area contributed by atoms with Crippen LogP contribution in [-0.2, 0) is 0 Å². The SMILES string of the molecule is Cc1cc(Br)c(F)cc1Nc1cncc(NN)n1. The first kappa shape index (κ1) is 12.7. The summed E-state index contributed by atoms with van der Waals surface area (Å²) in [5.74, 6) is 5.80.